The van der Waals surface area contributed by atoms with Crippen LogP contribution < -0.4 is 0 Å². The lowest BCUT2D eigenvalue weighted by molar-refractivity contribution is 0.607. The minimum atomic E-state index is 1.19. The van der Waals surface area contributed by atoms with Gasteiger partial charge in [-0.3, -0.25) is 0 Å². The summed E-state index contributed by atoms with van der Waals surface area (Å²) in [5.41, 5.74) is 5.66. The van der Waals surface area contributed by atoms with Crippen LogP contribution in [0, 0.1) is 0 Å². The lowest BCUT2D eigenvalue weighted by Gasteiger charge is -2.06. The van der Waals surface area contributed by atoms with E-state index >= 15 is 0 Å². The van der Waals surface area contributed by atoms with Gasteiger partial charge in [0.05, 0.1) is 7.57 Å². The second-order valence-corrected chi connectivity index (χ2v) is 14.9. The molecule has 0 aliphatic heterocycles. The third-order valence-electron chi connectivity index (χ3n) is 7.31. The van der Waals surface area contributed by atoms with Crippen molar-refractivity contribution in [2.45, 2.75) is 104 Å². The molecule has 0 saturated carbocycles. The number of benzene rings is 2. The number of thiophene rings is 2. The summed E-state index contributed by atoms with van der Waals surface area (Å²) in [5.74, 6) is 0. The first-order valence-electron chi connectivity index (χ1n) is 14.0. The van der Waals surface area contributed by atoms with Crippen molar-refractivity contribution in [1.82, 2.24) is 0 Å². The van der Waals surface area contributed by atoms with E-state index in [4.69, 9.17) is 0 Å². The highest BCUT2D eigenvalue weighted by atomic mass is 79.9. The third kappa shape index (κ3) is 7.24. The van der Waals surface area contributed by atoms with Crippen molar-refractivity contribution >= 4 is 74.7 Å². The number of unbranched alkanes of at least 4 members (excludes halogenated alkanes) is 10. The molecular weight excluding hydrogens is 608 g/mol. The van der Waals surface area contributed by atoms with E-state index in [9.17, 15) is 0 Å². The number of hydrogen-bond donors (Lipinski definition) is 0. The van der Waals surface area contributed by atoms with E-state index in [2.05, 4.69) is 82.1 Å². The predicted molar refractivity (Wildman–Crippen MR) is 172 cm³/mol. The Balaban J connectivity index is 1.48. The molecule has 0 bridgehead atoms. The summed E-state index contributed by atoms with van der Waals surface area (Å²) in [4.78, 5) is 0. The molecule has 0 aliphatic carbocycles. The first kappa shape index (κ1) is 28.3. The zero-order valence-corrected chi connectivity index (χ0v) is 26.7. The molecule has 4 rings (SSSR count). The summed E-state index contributed by atoms with van der Waals surface area (Å²) in [6.07, 6.45) is 18.6. The third-order valence-corrected chi connectivity index (χ3v) is 11.0. The highest BCUT2D eigenvalue weighted by Crippen LogP contribution is 2.50. The van der Waals surface area contributed by atoms with Crippen LogP contribution in [0.2, 0.25) is 0 Å². The van der Waals surface area contributed by atoms with E-state index in [1.165, 1.54) is 140 Å². The molecule has 0 atom stereocenters. The van der Waals surface area contributed by atoms with Crippen molar-refractivity contribution < 1.29 is 0 Å². The maximum Gasteiger partial charge on any atom is 0.0790 e. The van der Waals surface area contributed by atoms with Crippen LogP contribution in [-0.2, 0) is 12.8 Å². The predicted octanol–water partition coefficient (Wildman–Crippen LogP) is 13.1. The SMILES string of the molecule is CCCCCCCCc1ccc2c(-c3c(Br)sc4cc(CCCCCCCC)ccc34)c(Br)sc2c1. The van der Waals surface area contributed by atoms with Crippen molar-refractivity contribution in [3.63, 3.8) is 0 Å². The molecule has 0 radical (unpaired) electrons. The van der Waals surface area contributed by atoms with Gasteiger partial charge in [0.15, 0.2) is 0 Å². The molecule has 194 valence electrons. The van der Waals surface area contributed by atoms with Gasteiger partial charge in [-0.05, 0) is 80.8 Å². The molecule has 0 nitrogen and oxygen atoms in total. The van der Waals surface area contributed by atoms with E-state index in [0.717, 1.165) is 0 Å². The Morgan fingerprint density at radius 2 is 0.917 bits per heavy atom. The molecule has 4 heteroatoms. The zero-order chi connectivity index (χ0) is 25.3. The van der Waals surface area contributed by atoms with Gasteiger partial charge in [0, 0.05) is 31.3 Å². The van der Waals surface area contributed by atoms with Crippen LogP contribution in [0.4, 0.5) is 0 Å². The Bertz CT molecular complexity index is 1150. The Morgan fingerprint density at radius 1 is 0.528 bits per heavy atom. The van der Waals surface area contributed by atoms with Gasteiger partial charge in [-0.15, -0.1) is 22.7 Å². The van der Waals surface area contributed by atoms with Crippen molar-refractivity contribution in [3.8, 4) is 11.1 Å². The van der Waals surface area contributed by atoms with Gasteiger partial charge in [0.1, 0.15) is 0 Å². The quantitative estimate of drug-likeness (QED) is 0.113. The number of rotatable bonds is 15. The Hall–Kier alpha value is -0.680. The van der Waals surface area contributed by atoms with E-state index < -0.39 is 0 Å². The molecule has 2 heterocycles. The second kappa shape index (κ2) is 14.5. The number of fused-ring (bicyclic) bond motifs is 2. The molecule has 0 amide bonds. The summed E-state index contributed by atoms with van der Waals surface area (Å²) < 4.78 is 5.27. The molecule has 0 aliphatic rings. The van der Waals surface area contributed by atoms with Gasteiger partial charge < -0.3 is 0 Å². The molecule has 4 aromatic rings. The smallest absolute Gasteiger partial charge is 0.0790 e. The summed E-state index contributed by atoms with van der Waals surface area (Å²) in [7, 11) is 0. The number of halogens is 2. The van der Waals surface area contributed by atoms with Crippen LogP contribution in [0.3, 0.4) is 0 Å². The normalized spacial score (nSPS) is 11.8. The van der Waals surface area contributed by atoms with E-state index in [-0.39, 0.29) is 0 Å². The van der Waals surface area contributed by atoms with Crippen LogP contribution in [0.5, 0.6) is 0 Å². The first-order valence-corrected chi connectivity index (χ1v) is 17.3. The Morgan fingerprint density at radius 3 is 1.33 bits per heavy atom. The van der Waals surface area contributed by atoms with Crippen LogP contribution in [-0.4, -0.2) is 0 Å². The summed E-state index contributed by atoms with van der Waals surface area (Å²) in [5, 5.41) is 2.74. The molecule has 0 saturated heterocycles. The molecule has 2 aromatic carbocycles. The standard InChI is InChI=1S/C32H40Br2S2/c1-3-5-7-9-11-13-15-23-17-19-25-27(21-23)35-31(33)29(25)30-26-20-18-24(22-28(26)36-32(30)34)16-14-12-10-8-6-4-2/h17-22H,3-16H2,1-2H3. The van der Waals surface area contributed by atoms with E-state index in [1.54, 1.807) is 0 Å². The van der Waals surface area contributed by atoms with Crippen molar-refractivity contribution in [3.05, 3.63) is 55.1 Å². The maximum absolute atomic E-state index is 3.94. The number of aryl methyl sites for hydroxylation is 2. The monoisotopic (exact) mass is 646 g/mol. The van der Waals surface area contributed by atoms with E-state index in [1.807, 2.05) is 22.7 Å². The second-order valence-electron chi connectivity index (χ2n) is 10.2. The lowest BCUT2D eigenvalue weighted by Crippen LogP contribution is -1.87. The highest BCUT2D eigenvalue weighted by Gasteiger charge is 2.20. The maximum atomic E-state index is 3.94. The van der Waals surface area contributed by atoms with Gasteiger partial charge in [-0.25, -0.2) is 0 Å². The fourth-order valence-electron chi connectivity index (χ4n) is 5.22. The zero-order valence-electron chi connectivity index (χ0n) is 21.9. The van der Waals surface area contributed by atoms with Crippen molar-refractivity contribution in [2.75, 3.05) is 0 Å². The lowest BCUT2D eigenvalue weighted by atomic mass is 9.99. The van der Waals surface area contributed by atoms with E-state index in [0.29, 0.717) is 0 Å². The topological polar surface area (TPSA) is 0 Å². The molecule has 0 fully saturated rings. The summed E-state index contributed by atoms with van der Waals surface area (Å²) in [6, 6.07) is 14.3. The average Bonchev–Trinajstić information content (AvgIpc) is 3.36. The van der Waals surface area contributed by atoms with Gasteiger partial charge >= 0.3 is 0 Å². The molecular formula is C32H40Br2S2. The number of hydrogen-bond acceptors (Lipinski definition) is 2. The highest BCUT2D eigenvalue weighted by molar-refractivity contribution is 9.11. The summed E-state index contributed by atoms with van der Waals surface area (Å²) >= 11 is 11.6. The molecule has 0 N–H and O–H groups in total. The van der Waals surface area contributed by atoms with Gasteiger partial charge in [0.25, 0.3) is 0 Å². The average molecular weight is 649 g/mol. The van der Waals surface area contributed by atoms with Crippen LogP contribution in [0.15, 0.2) is 44.0 Å². The fraction of sp³-hybridized carbons (Fsp3) is 0.500. The van der Waals surface area contributed by atoms with Crippen LogP contribution in [0.25, 0.3) is 31.3 Å². The largest absolute Gasteiger partial charge is 0.128 e. The fourth-order valence-corrected chi connectivity index (χ4v) is 9.08. The Labute approximate surface area is 243 Å². The summed E-state index contributed by atoms with van der Waals surface area (Å²) in [6.45, 7) is 4.57. The minimum Gasteiger partial charge on any atom is -0.128 e. The first-order chi connectivity index (χ1) is 17.6. The molecule has 36 heavy (non-hydrogen) atoms. The van der Waals surface area contributed by atoms with Crippen LogP contribution in [0.1, 0.15) is 102 Å². The van der Waals surface area contributed by atoms with Gasteiger partial charge in [-0.1, -0.05) is 102 Å². The molecule has 0 spiro atoms. The minimum absolute atomic E-state index is 1.19. The molecule has 0 unspecified atom stereocenters. The van der Waals surface area contributed by atoms with Gasteiger partial charge in [-0.2, -0.15) is 0 Å². The van der Waals surface area contributed by atoms with Crippen LogP contribution >= 0.6 is 54.5 Å². The Kier molecular flexibility index (Phi) is 11.4. The van der Waals surface area contributed by atoms with Crippen molar-refractivity contribution in [2.24, 2.45) is 0 Å². The van der Waals surface area contributed by atoms with Crippen molar-refractivity contribution in [1.29, 1.82) is 0 Å². The van der Waals surface area contributed by atoms with Gasteiger partial charge in [0.2, 0.25) is 0 Å². The molecule has 2 aromatic heterocycles.